The Kier molecular flexibility index (Phi) is 6.63. The van der Waals surface area contributed by atoms with E-state index in [-0.39, 0.29) is 11.6 Å². The third kappa shape index (κ3) is 5.55. The first-order valence-electron chi connectivity index (χ1n) is 8.29. The van der Waals surface area contributed by atoms with Crippen molar-refractivity contribution in [2.24, 2.45) is 5.41 Å². The second-order valence-electron chi connectivity index (χ2n) is 7.02. The number of aromatic nitrogens is 1. The van der Waals surface area contributed by atoms with E-state index >= 15 is 0 Å². The number of nitrogens with one attached hydrogen (secondary N) is 2. The molecular weight excluding hydrogens is 385 g/mol. The van der Waals surface area contributed by atoms with Gasteiger partial charge < -0.3 is 10.6 Å². The third-order valence-corrected chi connectivity index (χ3v) is 4.36. The number of anilines is 1. The number of halogens is 2. The molecule has 0 atom stereocenters. The van der Waals surface area contributed by atoms with Crippen LogP contribution in [0.2, 0.25) is 10.0 Å². The zero-order valence-electron chi connectivity index (χ0n) is 15.6. The Balaban J connectivity index is 2.43. The summed E-state index contributed by atoms with van der Waals surface area (Å²) < 4.78 is 0. The first-order valence-corrected chi connectivity index (χ1v) is 9.05. The van der Waals surface area contributed by atoms with Gasteiger partial charge in [0.25, 0.3) is 5.91 Å². The average molecular weight is 406 g/mol. The summed E-state index contributed by atoms with van der Waals surface area (Å²) in [6.45, 7) is 7.08. The molecule has 1 heterocycles. The van der Waals surface area contributed by atoms with E-state index < -0.39 is 11.3 Å². The second-order valence-corrected chi connectivity index (χ2v) is 7.83. The van der Waals surface area contributed by atoms with Gasteiger partial charge in [0, 0.05) is 27.2 Å². The third-order valence-electron chi connectivity index (χ3n) is 3.70. The Labute approximate surface area is 168 Å². The van der Waals surface area contributed by atoms with Gasteiger partial charge >= 0.3 is 0 Å². The van der Waals surface area contributed by atoms with Crippen LogP contribution in [0.25, 0.3) is 6.08 Å². The topological polar surface area (TPSA) is 71.1 Å². The summed E-state index contributed by atoms with van der Waals surface area (Å²) in [7, 11) is 0. The maximum Gasteiger partial charge on any atom is 0.273 e. The highest BCUT2D eigenvalue weighted by molar-refractivity contribution is 6.37. The van der Waals surface area contributed by atoms with Crippen LogP contribution in [0.5, 0.6) is 0 Å². The number of carbonyl (C=O) groups excluding carboxylic acids is 2. The van der Waals surface area contributed by atoms with Crippen LogP contribution in [0.4, 0.5) is 5.82 Å². The lowest BCUT2D eigenvalue weighted by atomic mass is 9.95. The van der Waals surface area contributed by atoms with Crippen molar-refractivity contribution in [3.63, 3.8) is 0 Å². The highest BCUT2D eigenvalue weighted by Gasteiger charge is 2.25. The molecular formula is C20H21Cl2N3O2. The van der Waals surface area contributed by atoms with Crippen molar-refractivity contribution in [2.45, 2.75) is 27.7 Å². The van der Waals surface area contributed by atoms with Crippen LogP contribution in [0, 0.1) is 12.3 Å². The molecule has 0 aliphatic carbocycles. The number of carbonyl (C=O) groups is 2. The molecule has 0 saturated carbocycles. The van der Waals surface area contributed by atoms with Crippen molar-refractivity contribution in [3.05, 3.63) is 63.4 Å². The number of aryl methyl sites for hydroxylation is 1. The smallest absolute Gasteiger partial charge is 0.273 e. The number of amides is 2. The lowest BCUT2D eigenvalue weighted by Gasteiger charge is -2.19. The second kappa shape index (κ2) is 8.55. The van der Waals surface area contributed by atoms with Crippen LogP contribution in [-0.4, -0.2) is 16.8 Å². The van der Waals surface area contributed by atoms with Gasteiger partial charge in [-0.05, 0) is 36.8 Å². The molecule has 2 aromatic rings. The van der Waals surface area contributed by atoms with E-state index in [1.54, 1.807) is 51.2 Å². The fraction of sp³-hybridized carbons (Fsp3) is 0.250. The van der Waals surface area contributed by atoms with Crippen LogP contribution >= 0.6 is 23.2 Å². The largest absolute Gasteiger partial charge is 0.321 e. The maximum absolute atomic E-state index is 12.8. The molecule has 5 nitrogen and oxygen atoms in total. The monoisotopic (exact) mass is 405 g/mol. The molecule has 1 aromatic heterocycles. The number of benzene rings is 1. The van der Waals surface area contributed by atoms with Crippen molar-refractivity contribution >= 4 is 46.9 Å². The van der Waals surface area contributed by atoms with Gasteiger partial charge in [-0.3, -0.25) is 9.59 Å². The van der Waals surface area contributed by atoms with E-state index in [1.807, 2.05) is 13.0 Å². The van der Waals surface area contributed by atoms with Crippen molar-refractivity contribution < 1.29 is 9.59 Å². The summed E-state index contributed by atoms with van der Waals surface area (Å²) in [5.74, 6) is -0.432. The summed E-state index contributed by atoms with van der Waals surface area (Å²) in [6.07, 6.45) is 3.03. The van der Waals surface area contributed by atoms with Gasteiger partial charge in [0.15, 0.2) is 0 Å². The first kappa shape index (κ1) is 20.9. The Hall–Kier alpha value is -2.37. The lowest BCUT2D eigenvalue weighted by molar-refractivity contribution is -0.128. The van der Waals surface area contributed by atoms with Crippen LogP contribution in [-0.2, 0) is 9.59 Å². The number of hydrogen-bond donors (Lipinski definition) is 2. The molecule has 27 heavy (non-hydrogen) atoms. The maximum atomic E-state index is 12.8. The summed E-state index contributed by atoms with van der Waals surface area (Å²) in [6, 6.07) is 8.61. The number of nitrogens with zero attached hydrogens (tertiary/aromatic N) is 1. The Morgan fingerprint density at radius 2 is 1.70 bits per heavy atom. The molecule has 0 bridgehead atoms. The number of rotatable bonds is 4. The molecule has 1 aromatic carbocycles. The zero-order valence-corrected chi connectivity index (χ0v) is 17.1. The molecule has 7 heteroatoms. The Morgan fingerprint density at radius 3 is 2.26 bits per heavy atom. The Bertz CT molecular complexity index is 882. The van der Waals surface area contributed by atoms with Crippen LogP contribution in [0.1, 0.15) is 31.9 Å². The van der Waals surface area contributed by atoms with Gasteiger partial charge in [-0.2, -0.15) is 0 Å². The highest BCUT2D eigenvalue weighted by atomic mass is 35.5. The molecule has 2 rings (SSSR count). The quantitative estimate of drug-likeness (QED) is 0.714. The highest BCUT2D eigenvalue weighted by Crippen LogP contribution is 2.27. The minimum absolute atomic E-state index is 0.0231. The summed E-state index contributed by atoms with van der Waals surface area (Å²) >= 11 is 12.4. The minimum atomic E-state index is -0.690. The summed E-state index contributed by atoms with van der Waals surface area (Å²) in [5.41, 5.74) is 0.570. The average Bonchev–Trinajstić information content (AvgIpc) is 2.58. The molecule has 2 N–H and O–H groups in total. The van der Waals surface area contributed by atoms with E-state index in [1.165, 1.54) is 6.08 Å². The van der Waals surface area contributed by atoms with Crippen LogP contribution in [0.15, 0.2) is 42.2 Å². The van der Waals surface area contributed by atoms with E-state index in [4.69, 9.17) is 23.2 Å². The molecule has 0 saturated heterocycles. The Morgan fingerprint density at radius 1 is 1.07 bits per heavy atom. The molecule has 0 aliphatic heterocycles. The van der Waals surface area contributed by atoms with Gasteiger partial charge in [0.05, 0.1) is 0 Å². The van der Waals surface area contributed by atoms with Crippen molar-refractivity contribution in [1.82, 2.24) is 10.3 Å². The van der Waals surface area contributed by atoms with Crippen molar-refractivity contribution in [3.8, 4) is 0 Å². The predicted octanol–water partition coefficient (Wildman–Crippen LogP) is 4.84. The van der Waals surface area contributed by atoms with E-state index in [2.05, 4.69) is 15.6 Å². The standard InChI is InChI=1S/C20H21Cl2N3O2/c1-12-7-6-10-23-17(12)25-18(26)16(24-19(27)20(2,3)4)11-13-14(21)8-5-9-15(13)22/h5-11H,1-4H3,(H,24,27)(H,23,25,26)/b16-11+. The SMILES string of the molecule is Cc1cccnc1NC(=O)/C(=C\c1c(Cl)cccc1Cl)NC(=O)C(C)(C)C. The molecule has 2 amide bonds. The predicted molar refractivity (Wildman–Crippen MR) is 110 cm³/mol. The van der Waals surface area contributed by atoms with Gasteiger partial charge in [-0.1, -0.05) is 56.1 Å². The normalized spacial score (nSPS) is 11.9. The molecule has 0 aliphatic rings. The van der Waals surface area contributed by atoms with Gasteiger partial charge in [0.2, 0.25) is 5.91 Å². The molecule has 0 spiro atoms. The van der Waals surface area contributed by atoms with Gasteiger partial charge in [-0.25, -0.2) is 4.98 Å². The van der Waals surface area contributed by atoms with Crippen LogP contribution < -0.4 is 10.6 Å². The van der Waals surface area contributed by atoms with E-state index in [9.17, 15) is 9.59 Å². The molecule has 0 radical (unpaired) electrons. The lowest BCUT2D eigenvalue weighted by Crippen LogP contribution is -2.38. The molecule has 0 unspecified atom stereocenters. The minimum Gasteiger partial charge on any atom is -0.321 e. The van der Waals surface area contributed by atoms with Crippen molar-refractivity contribution in [2.75, 3.05) is 5.32 Å². The van der Waals surface area contributed by atoms with Gasteiger partial charge in [-0.15, -0.1) is 0 Å². The fourth-order valence-electron chi connectivity index (χ4n) is 2.05. The zero-order chi connectivity index (χ0) is 20.2. The van der Waals surface area contributed by atoms with E-state index in [0.29, 0.717) is 21.4 Å². The van der Waals surface area contributed by atoms with Gasteiger partial charge in [0.1, 0.15) is 11.5 Å². The number of pyridine rings is 1. The fourth-order valence-corrected chi connectivity index (χ4v) is 2.56. The van der Waals surface area contributed by atoms with Crippen LogP contribution in [0.3, 0.4) is 0 Å². The first-order chi connectivity index (χ1) is 12.6. The van der Waals surface area contributed by atoms with E-state index in [0.717, 1.165) is 5.56 Å². The summed E-state index contributed by atoms with van der Waals surface area (Å²) in [5, 5.41) is 6.11. The van der Waals surface area contributed by atoms with Crippen molar-refractivity contribution in [1.29, 1.82) is 0 Å². The number of hydrogen-bond acceptors (Lipinski definition) is 3. The molecule has 142 valence electrons. The summed E-state index contributed by atoms with van der Waals surface area (Å²) in [4.78, 5) is 29.4. The molecule has 0 fully saturated rings.